The van der Waals surface area contributed by atoms with Crippen molar-refractivity contribution in [2.75, 3.05) is 0 Å². The van der Waals surface area contributed by atoms with Gasteiger partial charge >= 0.3 is 0 Å². The molecular formula is C12H14N2O2. The summed E-state index contributed by atoms with van der Waals surface area (Å²) in [5, 5.41) is 5.85. The molecule has 4 bridgehead atoms. The number of hydrogen-bond acceptors (Lipinski definition) is 2. The van der Waals surface area contributed by atoms with E-state index in [9.17, 15) is 9.59 Å². The Morgan fingerprint density at radius 1 is 0.938 bits per heavy atom. The van der Waals surface area contributed by atoms with Crippen molar-refractivity contribution in [1.29, 1.82) is 0 Å². The lowest BCUT2D eigenvalue weighted by Crippen LogP contribution is -2.68. The first-order valence-corrected chi connectivity index (χ1v) is 5.47. The second-order valence-corrected chi connectivity index (χ2v) is 5.19. The SMILES string of the molecule is CC12C=CC(NC1=O)C1(C)C=CC2NC1=O. The topological polar surface area (TPSA) is 58.2 Å². The predicted octanol–water partition coefficient (Wildman–Crippen LogP) is 0.122. The van der Waals surface area contributed by atoms with Gasteiger partial charge in [0.15, 0.2) is 0 Å². The van der Waals surface area contributed by atoms with E-state index in [4.69, 9.17) is 0 Å². The molecule has 0 aromatic carbocycles. The van der Waals surface area contributed by atoms with Crippen LogP contribution in [0.25, 0.3) is 0 Å². The van der Waals surface area contributed by atoms with Gasteiger partial charge in [0.1, 0.15) is 0 Å². The minimum absolute atomic E-state index is 0.0134. The highest BCUT2D eigenvalue weighted by Crippen LogP contribution is 2.40. The molecule has 16 heavy (non-hydrogen) atoms. The Bertz CT molecular complexity index is 412. The average Bonchev–Trinajstić information content (AvgIpc) is 2.25. The fourth-order valence-corrected chi connectivity index (χ4v) is 2.62. The summed E-state index contributed by atoms with van der Waals surface area (Å²) in [6, 6.07) is -0.490. The second kappa shape index (κ2) is 2.56. The molecule has 84 valence electrons. The molecule has 4 atom stereocenters. The zero-order valence-electron chi connectivity index (χ0n) is 9.28. The van der Waals surface area contributed by atoms with E-state index >= 15 is 0 Å². The molecule has 4 unspecified atom stereocenters. The van der Waals surface area contributed by atoms with Crippen LogP contribution in [0.1, 0.15) is 13.8 Å². The maximum atomic E-state index is 12.0. The monoisotopic (exact) mass is 218 g/mol. The van der Waals surface area contributed by atoms with Gasteiger partial charge in [-0.2, -0.15) is 0 Å². The van der Waals surface area contributed by atoms with Gasteiger partial charge in [-0.05, 0) is 13.8 Å². The molecule has 0 radical (unpaired) electrons. The van der Waals surface area contributed by atoms with Crippen LogP contribution in [0.15, 0.2) is 24.3 Å². The van der Waals surface area contributed by atoms with E-state index in [0.717, 1.165) is 0 Å². The highest BCUT2D eigenvalue weighted by Gasteiger charge is 2.53. The fourth-order valence-electron chi connectivity index (χ4n) is 2.62. The van der Waals surface area contributed by atoms with Crippen LogP contribution in [0.3, 0.4) is 0 Å². The molecule has 5 aliphatic heterocycles. The molecule has 0 aromatic rings. The molecule has 6 rings (SSSR count). The number of hydrogen-bond donors (Lipinski definition) is 2. The van der Waals surface area contributed by atoms with Crippen LogP contribution in [0.4, 0.5) is 0 Å². The molecule has 6 aliphatic rings. The number of carbonyl (C=O) groups excluding carboxylic acids is 2. The quantitative estimate of drug-likeness (QED) is 0.567. The lowest BCUT2D eigenvalue weighted by molar-refractivity contribution is -0.139. The molecule has 0 saturated carbocycles. The Kier molecular flexibility index (Phi) is 1.54. The predicted molar refractivity (Wildman–Crippen MR) is 58.4 cm³/mol. The van der Waals surface area contributed by atoms with Crippen molar-refractivity contribution in [3.05, 3.63) is 24.3 Å². The van der Waals surface area contributed by atoms with Crippen molar-refractivity contribution in [3.8, 4) is 0 Å². The van der Waals surface area contributed by atoms with E-state index in [1.165, 1.54) is 0 Å². The second-order valence-electron chi connectivity index (χ2n) is 5.19. The molecule has 0 spiro atoms. The van der Waals surface area contributed by atoms with Crippen molar-refractivity contribution < 1.29 is 9.59 Å². The molecule has 1 fully saturated rings. The van der Waals surface area contributed by atoms with Gasteiger partial charge in [0.05, 0.1) is 22.9 Å². The Balaban J connectivity index is 2.24. The van der Waals surface area contributed by atoms with E-state index in [1.54, 1.807) is 0 Å². The minimum Gasteiger partial charge on any atom is -0.348 e. The van der Waals surface area contributed by atoms with Gasteiger partial charge in [0.25, 0.3) is 0 Å². The van der Waals surface area contributed by atoms with Gasteiger partial charge in [-0.1, -0.05) is 24.3 Å². The molecule has 4 nitrogen and oxygen atoms in total. The van der Waals surface area contributed by atoms with Crippen LogP contribution < -0.4 is 10.6 Å². The zero-order valence-corrected chi connectivity index (χ0v) is 9.28. The lowest BCUT2D eigenvalue weighted by Gasteiger charge is -2.48. The Hall–Kier alpha value is -1.58. The number of rotatable bonds is 0. The van der Waals surface area contributed by atoms with E-state index < -0.39 is 10.8 Å². The summed E-state index contributed by atoms with van der Waals surface area (Å²) in [5.74, 6) is -0.0267. The van der Waals surface area contributed by atoms with Gasteiger partial charge in [0, 0.05) is 0 Å². The summed E-state index contributed by atoms with van der Waals surface area (Å²) in [5.41, 5.74) is -1.32. The Morgan fingerprint density at radius 2 is 1.31 bits per heavy atom. The lowest BCUT2D eigenvalue weighted by atomic mass is 9.66. The molecular weight excluding hydrogens is 204 g/mol. The minimum atomic E-state index is -0.662. The van der Waals surface area contributed by atoms with Crippen LogP contribution in [-0.2, 0) is 9.59 Å². The highest BCUT2D eigenvalue weighted by atomic mass is 16.2. The summed E-state index contributed by atoms with van der Waals surface area (Å²) >= 11 is 0. The van der Waals surface area contributed by atoms with Gasteiger partial charge < -0.3 is 10.6 Å². The maximum absolute atomic E-state index is 12.0. The van der Waals surface area contributed by atoms with Crippen molar-refractivity contribution >= 4 is 11.8 Å². The van der Waals surface area contributed by atoms with E-state index in [1.807, 2.05) is 38.2 Å². The van der Waals surface area contributed by atoms with E-state index in [-0.39, 0.29) is 23.9 Å². The van der Waals surface area contributed by atoms with Gasteiger partial charge in [-0.25, -0.2) is 0 Å². The largest absolute Gasteiger partial charge is 0.348 e. The number of nitrogens with one attached hydrogen (secondary N) is 2. The fraction of sp³-hybridized carbons (Fsp3) is 0.500. The average molecular weight is 218 g/mol. The first-order valence-electron chi connectivity index (χ1n) is 5.47. The molecule has 1 saturated heterocycles. The number of amides is 2. The third kappa shape index (κ3) is 0.900. The molecule has 2 amide bonds. The van der Waals surface area contributed by atoms with Crippen LogP contribution in [0.5, 0.6) is 0 Å². The summed E-state index contributed by atoms with van der Waals surface area (Å²) in [6.45, 7) is 3.69. The Morgan fingerprint density at radius 3 is 1.62 bits per heavy atom. The summed E-state index contributed by atoms with van der Waals surface area (Å²) in [4.78, 5) is 24.1. The maximum Gasteiger partial charge on any atom is 0.232 e. The van der Waals surface area contributed by atoms with Crippen LogP contribution in [0, 0.1) is 10.8 Å². The van der Waals surface area contributed by atoms with Crippen LogP contribution in [-0.4, -0.2) is 23.9 Å². The van der Waals surface area contributed by atoms with Crippen molar-refractivity contribution in [2.24, 2.45) is 10.8 Å². The molecule has 5 heterocycles. The number of carbonyl (C=O) groups is 2. The normalized spacial score (nSPS) is 48.6. The zero-order chi connectivity index (χ0) is 11.6. The van der Waals surface area contributed by atoms with Crippen LogP contribution in [0.2, 0.25) is 0 Å². The third-order valence-electron chi connectivity index (χ3n) is 4.11. The Labute approximate surface area is 93.8 Å². The third-order valence-corrected chi connectivity index (χ3v) is 4.11. The summed E-state index contributed by atoms with van der Waals surface area (Å²) < 4.78 is 0. The van der Waals surface area contributed by atoms with Gasteiger partial charge in [-0.15, -0.1) is 0 Å². The molecule has 0 aromatic heterocycles. The van der Waals surface area contributed by atoms with Gasteiger partial charge in [-0.3, -0.25) is 9.59 Å². The van der Waals surface area contributed by atoms with Crippen molar-refractivity contribution in [3.63, 3.8) is 0 Å². The molecule has 2 N–H and O–H groups in total. The standard InChI is InChI=1S/C12H14N2O2/c1-11-5-3-8(14-9(11)15)12(2)6-4-7(11)13-10(12)16/h3-8H,1-2H3,(H,13,16)(H,14,15). The van der Waals surface area contributed by atoms with E-state index in [2.05, 4.69) is 10.6 Å². The first-order chi connectivity index (χ1) is 7.47. The van der Waals surface area contributed by atoms with Crippen molar-refractivity contribution in [1.82, 2.24) is 10.6 Å². The van der Waals surface area contributed by atoms with Crippen LogP contribution >= 0.6 is 0 Å². The summed E-state index contributed by atoms with van der Waals surface area (Å²) in [6.07, 6.45) is 7.72. The molecule has 4 heteroatoms. The summed E-state index contributed by atoms with van der Waals surface area (Å²) in [7, 11) is 0. The smallest absolute Gasteiger partial charge is 0.232 e. The first kappa shape index (κ1) is 9.63. The van der Waals surface area contributed by atoms with Gasteiger partial charge in [0.2, 0.25) is 11.8 Å². The van der Waals surface area contributed by atoms with Crippen molar-refractivity contribution in [2.45, 2.75) is 25.9 Å². The van der Waals surface area contributed by atoms with E-state index in [0.29, 0.717) is 0 Å². The highest BCUT2D eigenvalue weighted by molar-refractivity contribution is 5.95. The molecule has 1 aliphatic carbocycles.